The number of benzene rings is 1. The molecule has 1 rings (SSSR count). The Hall–Kier alpha value is -1.08. The Bertz CT molecular complexity index is 238. The Morgan fingerprint density at radius 1 is 1.33 bits per heavy atom. The molecule has 0 aliphatic heterocycles. The first-order valence-electron chi connectivity index (χ1n) is 4.24. The molecule has 0 aromatic heterocycles. The third-order valence-electron chi connectivity index (χ3n) is 1.73. The molecule has 0 spiro atoms. The van der Waals surface area contributed by atoms with E-state index in [0.29, 0.717) is 0 Å². The highest BCUT2D eigenvalue weighted by molar-refractivity contribution is 5.49. The van der Waals surface area contributed by atoms with Gasteiger partial charge in [-0.05, 0) is 12.0 Å². The van der Waals surface area contributed by atoms with E-state index < -0.39 is 0 Å². The summed E-state index contributed by atoms with van der Waals surface area (Å²) in [5.41, 5.74) is 1.13. The first kappa shape index (κ1) is 9.01. The van der Waals surface area contributed by atoms with E-state index in [4.69, 9.17) is 0 Å². The average molecular weight is 162 g/mol. The second-order valence-corrected chi connectivity index (χ2v) is 2.75. The highest BCUT2D eigenvalue weighted by Crippen LogP contribution is 2.02. The van der Waals surface area contributed by atoms with Crippen molar-refractivity contribution in [3.8, 4) is 0 Å². The lowest BCUT2D eigenvalue weighted by molar-refractivity contribution is 0.220. The summed E-state index contributed by atoms with van der Waals surface area (Å²) in [4.78, 5) is 0. The molecule has 0 bridgehead atoms. The van der Waals surface area contributed by atoms with Crippen LogP contribution < -0.4 is 0 Å². The molecule has 0 amide bonds. The smallest absolute Gasteiger partial charge is 0.0721 e. The Balaban J connectivity index is 2.58. The standard InChI is InChI=1S/C11H14O/c1-2-11(12)9-8-10-6-4-3-5-7-10/h3-9,11-12H,2H2,1H3/b9-8+/t11-/m0/s1. The molecule has 12 heavy (non-hydrogen) atoms. The van der Waals surface area contributed by atoms with E-state index in [9.17, 15) is 5.11 Å². The van der Waals surface area contributed by atoms with Crippen molar-refractivity contribution in [1.82, 2.24) is 0 Å². The van der Waals surface area contributed by atoms with Crippen LogP contribution in [0.1, 0.15) is 18.9 Å². The molecule has 1 aromatic carbocycles. The zero-order valence-electron chi connectivity index (χ0n) is 7.27. The van der Waals surface area contributed by atoms with Crippen LogP contribution in [0.5, 0.6) is 0 Å². The molecule has 1 N–H and O–H groups in total. The summed E-state index contributed by atoms with van der Waals surface area (Å²) in [6, 6.07) is 9.97. The first-order chi connectivity index (χ1) is 5.83. The SMILES string of the molecule is CC[C@H](O)/C=C/c1ccccc1. The molecule has 0 fully saturated rings. The quantitative estimate of drug-likeness (QED) is 0.724. The van der Waals surface area contributed by atoms with E-state index in [1.807, 2.05) is 49.4 Å². The van der Waals surface area contributed by atoms with E-state index in [0.717, 1.165) is 12.0 Å². The molecule has 0 radical (unpaired) electrons. The monoisotopic (exact) mass is 162 g/mol. The number of aliphatic hydroxyl groups is 1. The van der Waals surface area contributed by atoms with Crippen molar-refractivity contribution in [2.24, 2.45) is 0 Å². The summed E-state index contributed by atoms with van der Waals surface area (Å²) in [7, 11) is 0. The predicted octanol–water partition coefficient (Wildman–Crippen LogP) is 2.47. The Labute approximate surface area is 73.4 Å². The van der Waals surface area contributed by atoms with Gasteiger partial charge in [-0.3, -0.25) is 0 Å². The highest BCUT2D eigenvalue weighted by atomic mass is 16.3. The van der Waals surface area contributed by atoms with Gasteiger partial charge < -0.3 is 5.11 Å². The van der Waals surface area contributed by atoms with Gasteiger partial charge in [-0.2, -0.15) is 0 Å². The number of hydrogen-bond donors (Lipinski definition) is 1. The van der Waals surface area contributed by atoms with Crippen LogP contribution in [0, 0.1) is 0 Å². The fourth-order valence-electron chi connectivity index (χ4n) is 0.922. The summed E-state index contributed by atoms with van der Waals surface area (Å²) in [5.74, 6) is 0. The van der Waals surface area contributed by atoms with Crippen molar-refractivity contribution in [3.05, 3.63) is 42.0 Å². The largest absolute Gasteiger partial charge is 0.389 e. The molecular formula is C11H14O. The minimum absolute atomic E-state index is 0.315. The number of rotatable bonds is 3. The topological polar surface area (TPSA) is 20.2 Å². The third kappa shape index (κ3) is 2.89. The summed E-state index contributed by atoms with van der Waals surface area (Å²) in [6.07, 6.45) is 4.21. The van der Waals surface area contributed by atoms with Crippen molar-refractivity contribution >= 4 is 6.08 Å². The molecule has 1 heteroatoms. The zero-order valence-corrected chi connectivity index (χ0v) is 7.27. The van der Waals surface area contributed by atoms with Crippen LogP contribution >= 0.6 is 0 Å². The van der Waals surface area contributed by atoms with E-state index in [1.165, 1.54) is 0 Å². The molecule has 64 valence electrons. The van der Waals surface area contributed by atoms with E-state index in [2.05, 4.69) is 0 Å². The maximum absolute atomic E-state index is 9.23. The van der Waals surface area contributed by atoms with Gasteiger partial charge in [-0.1, -0.05) is 49.4 Å². The average Bonchev–Trinajstić information content (AvgIpc) is 2.16. The molecule has 1 nitrogen and oxygen atoms in total. The molecular weight excluding hydrogens is 148 g/mol. The van der Waals surface area contributed by atoms with Gasteiger partial charge in [0.25, 0.3) is 0 Å². The van der Waals surface area contributed by atoms with Crippen LogP contribution in [0.3, 0.4) is 0 Å². The Morgan fingerprint density at radius 3 is 2.58 bits per heavy atom. The van der Waals surface area contributed by atoms with Gasteiger partial charge >= 0.3 is 0 Å². The van der Waals surface area contributed by atoms with Gasteiger partial charge in [0.1, 0.15) is 0 Å². The predicted molar refractivity (Wildman–Crippen MR) is 51.8 cm³/mol. The molecule has 0 heterocycles. The molecule has 0 aliphatic rings. The Kier molecular flexibility index (Phi) is 3.55. The lowest BCUT2D eigenvalue weighted by Crippen LogP contribution is -1.97. The van der Waals surface area contributed by atoms with Crippen molar-refractivity contribution in [2.75, 3.05) is 0 Å². The van der Waals surface area contributed by atoms with E-state index in [1.54, 1.807) is 0 Å². The molecule has 1 aromatic rings. The minimum Gasteiger partial charge on any atom is -0.389 e. The molecule has 1 atom stereocenters. The van der Waals surface area contributed by atoms with E-state index >= 15 is 0 Å². The molecule has 0 unspecified atom stereocenters. The van der Waals surface area contributed by atoms with Gasteiger partial charge in [0.05, 0.1) is 6.10 Å². The molecule has 0 aliphatic carbocycles. The van der Waals surface area contributed by atoms with Gasteiger partial charge in [-0.25, -0.2) is 0 Å². The summed E-state index contributed by atoms with van der Waals surface area (Å²) in [6.45, 7) is 1.96. The van der Waals surface area contributed by atoms with Crippen LogP contribution in [0.15, 0.2) is 36.4 Å². The van der Waals surface area contributed by atoms with Crippen LogP contribution in [0.4, 0.5) is 0 Å². The maximum atomic E-state index is 9.23. The minimum atomic E-state index is -0.315. The second-order valence-electron chi connectivity index (χ2n) is 2.75. The van der Waals surface area contributed by atoms with Crippen LogP contribution in [0.25, 0.3) is 6.08 Å². The molecule has 0 saturated carbocycles. The molecule has 0 saturated heterocycles. The van der Waals surface area contributed by atoms with Crippen molar-refractivity contribution in [2.45, 2.75) is 19.4 Å². The maximum Gasteiger partial charge on any atom is 0.0721 e. The highest BCUT2D eigenvalue weighted by Gasteiger charge is 1.91. The lowest BCUT2D eigenvalue weighted by Gasteiger charge is -1.98. The van der Waals surface area contributed by atoms with E-state index in [-0.39, 0.29) is 6.10 Å². The van der Waals surface area contributed by atoms with Crippen LogP contribution in [-0.2, 0) is 0 Å². The zero-order chi connectivity index (χ0) is 8.81. The van der Waals surface area contributed by atoms with Crippen molar-refractivity contribution in [1.29, 1.82) is 0 Å². The summed E-state index contributed by atoms with van der Waals surface area (Å²) in [5, 5.41) is 9.23. The van der Waals surface area contributed by atoms with Gasteiger partial charge in [0.15, 0.2) is 0 Å². The normalized spacial score (nSPS) is 13.5. The van der Waals surface area contributed by atoms with Gasteiger partial charge in [-0.15, -0.1) is 0 Å². The van der Waals surface area contributed by atoms with Gasteiger partial charge in [0.2, 0.25) is 0 Å². The Morgan fingerprint density at radius 2 is 2.00 bits per heavy atom. The van der Waals surface area contributed by atoms with Crippen molar-refractivity contribution in [3.63, 3.8) is 0 Å². The second kappa shape index (κ2) is 4.73. The summed E-state index contributed by atoms with van der Waals surface area (Å²) >= 11 is 0. The lowest BCUT2D eigenvalue weighted by atomic mass is 10.2. The number of aliphatic hydroxyl groups excluding tert-OH is 1. The van der Waals surface area contributed by atoms with Crippen LogP contribution in [0.2, 0.25) is 0 Å². The fraction of sp³-hybridized carbons (Fsp3) is 0.273. The van der Waals surface area contributed by atoms with Crippen LogP contribution in [-0.4, -0.2) is 11.2 Å². The van der Waals surface area contributed by atoms with Crippen molar-refractivity contribution < 1.29 is 5.11 Å². The fourth-order valence-corrected chi connectivity index (χ4v) is 0.922. The summed E-state index contributed by atoms with van der Waals surface area (Å²) < 4.78 is 0. The third-order valence-corrected chi connectivity index (χ3v) is 1.73. The van der Waals surface area contributed by atoms with Gasteiger partial charge in [0, 0.05) is 0 Å². The first-order valence-corrected chi connectivity index (χ1v) is 4.24. The number of hydrogen-bond acceptors (Lipinski definition) is 1.